The Morgan fingerprint density at radius 3 is 2.95 bits per heavy atom. The fraction of sp³-hybridized carbons (Fsp3) is 0.562. The molecule has 2 fully saturated rings. The molecule has 0 unspecified atom stereocenters. The van der Waals surface area contributed by atoms with Crippen LogP contribution in [0.2, 0.25) is 0 Å². The van der Waals surface area contributed by atoms with Crippen LogP contribution in [0.25, 0.3) is 0 Å². The molecule has 3 heterocycles. The highest BCUT2D eigenvalue weighted by Crippen LogP contribution is 2.43. The van der Waals surface area contributed by atoms with Gasteiger partial charge in [0.2, 0.25) is 0 Å². The molecule has 21 heavy (non-hydrogen) atoms. The van der Waals surface area contributed by atoms with Crippen molar-refractivity contribution in [3.63, 3.8) is 0 Å². The highest BCUT2D eigenvalue weighted by atomic mass is 32.1. The predicted molar refractivity (Wildman–Crippen MR) is 87.0 cm³/mol. The number of nitrogens with zero attached hydrogens (tertiary/aromatic N) is 2. The molecule has 2 aromatic heterocycles. The van der Waals surface area contributed by atoms with Gasteiger partial charge in [-0.1, -0.05) is 0 Å². The minimum absolute atomic E-state index is 0.287. The van der Waals surface area contributed by atoms with E-state index in [1.165, 1.54) is 29.0 Å². The van der Waals surface area contributed by atoms with Crippen molar-refractivity contribution >= 4 is 22.7 Å². The second kappa shape index (κ2) is 5.80. The van der Waals surface area contributed by atoms with Gasteiger partial charge >= 0.3 is 0 Å². The van der Waals surface area contributed by atoms with E-state index in [1.54, 1.807) is 22.7 Å². The Labute approximate surface area is 133 Å². The molecule has 2 aliphatic rings. The smallest absolute Gasteiger partial charge is 0.0798 e. The van der Waals surface area contributed by atoms with Gasteiger partial charge in [-0.15, -0.1) is 11.3 Å². The Morgan fingerprint density at radius 1 is 1.33 bits per heavy atom. The molecule has 4 rings (SSSR count). The maximum absolute atomic E-state index is 9.70. The lowest BCUT2D eigenvalue weighted by molar-refractivity contribution is 0.214. The van der Waals surface area contributed by atoms with Gasteiger partial charge in [0.15, 0.2) is 0 Å². The Balaban J connectivity index is 1.48. The van der Waals surface area contributed by atoms with Crippen molar-refractivity contribution in [1.29, 1.82) is 0 Å². The molecule has 0 amide bonds. The maximum Gasteiger partial charge on any atom is 0.0798 e. The summed E-state index contributed by atoms with van der Waals surface area (Å²) in [6, 6.07) is 2.21. The first-order chi connectivity index (χ1) is 10.3. The van der Waals surface area contributed by atoms with Gasteiger partial charge in [-0.2, -0.15) is 11.3 Å². The number of thiophene rings is 1. The van der Waals surface area contributed by atoms with Crippen molar-refractivity contribution in [3.8, 4) is 0 Å². The number of hydrogen-bond acceptors (Lipinski definition) is 5. The van der Waals surface area contributed by atoms with E-state index in [-0.39, 0.29) is 6.61 Å². The van der Waals surface area contributed by atoms with Gasteiger partial charge in [0.05, 0.1) is 11.2 Å². The van der Waals surface area contributed by atoms with Crippen LogP contribution in [-0.2, 0) is 6.54 Å². The SMILES string of the molecule is OC[C@@H]1CN(Cc2scnc2C2CC2)C[C@H]1c1ccsc1. The van der Waals surface area contributed by atoms with Gasteiger partial charge < -0.3 is 5.11 Å². The van der Waals surface area contributed by atoms with E-state index >= 15 is 0 Å². The molecule has 1 aliphatic heterocycles. The molecule has 5 heteroatoms. The molecule has 1 N–H and O–H groups in total. The molecular formula is C16H20N2OS2. The van der Waals surface area contributed by atoms with Crippen LogP contribution in [0.15, 0.2) is 22.3 Å². The summed E-state index contributed by atoms with van der Waals surface area (Å²) in [7, 11) is 0. The molecule has 2 atom stereocenters. The number of likely N-dealkylation sites (tertiary alicyclic amines) is 1. The summed E-state index contributed by atoms with van der Waals surface area (Å²) in [5, 5.41) is 14.1. The Kier molecular flexibility index (Phi) is 3.83. The Hall–Kier alpha value is -0.750. The molecule has 1 saturated heterocycles. The van der Waals surface area contributed by atoms with Gasteiger partial charge in [0.25, 0.3) is 0 Å². The van der Waals surface area contributed by atoms with E-state index in [0.717, 1.165) is 25.6 Å². The first-order valence-electron chi connectivity index (χ1n) is 7.62. The molecule has 0 spiro atoms. The quantitative estimate of drug-likeness (QED) is 0.918. The third kappa shape index (κ3) is 2.80. The third-order valence-electron chi connectivity index (χ3n) is 4.73. The van der Waals surface area contributed by atoms with Crippen molar-refractivity contribution < 1.29 is 5.11 Å². The lowest BCUT2D eigenvalue weighted by Crippen LogP contribution is -2.21. The van der Waals surface area contributed by atoms with Crippen LogP contribution in [0.1, 0.15) is 40.8 Å². The minimum Gasteiger partial charge on any atom is -0.396 e. The van der Waals surface area contributed by atoms with Crippen LogP contribution in [0.4, 0.5) is 0 Å². The summed E-state index contributed by atoms with van der Waals surface area (Å²) in [6.45, 7) is 3.35. The molecular weight excluding hydrogens is 300 g/mol. The zero-order chi connectivity index (χ0) is 14.2. The highest BCUT2D eigenvalue weighted by Gasteiger charge is 2.35. The van der Waals surface area contributed by atoms with Crippen molar-refractivity contribution in [3.05, 3.63) is 38.5 Å². The van der Waals surface area contributed by atoms with Gasteiger partial charge in [0, 0.05) is 48.9 Å². The van der Waals surface area contributed by atoms with Gasteiger partial charge in [-0.3, -0.25) is 4.90 Å². The topological polar surface area (TPSA) is 36.4 Å². The van der Waals surface area contributed by atoms with Crippen LogP contribution >= 0.6 is 22.7 Å². The van der Waals surface area contributed by atoms with E-state index < -0.39 is 0 Å². The summed E-state index contributed by atoms with van der Waals surface area (Å²) in [4.78, 5) is 8.52. The number of aliphatic hydroxyl groups is 1. The van der Waals surface area contributed by atoms with Gasteiger partial charge in [-0.25, -0.2) is 4.98 Å². The highest BCUT2D eigenvalue weighted by molar-refractivity contribution is 7.09. The van der Waals surface area contributed by atoms with E-state index in [4.69, 9.17) is 0 Å². The van der Waals surface area contributed by atoms with Crippen LogP contribution in [0, 0.1) is 5.92 Å². The van der Waals surface area contributed by atoms with E-state index in [9.17, 15) is 5.11 Å². The lowest BCUT2D eigenvalue weighted by atomic mass is 9.92. The standard InChI is InChI=1S/C16H20N2OS2/c19-8-13-5-18(6-14(13)12-3-4-20-9-12)7-15-16(11-1-2-11)17-10-21-15/h3-4,9-11,13-14,19H,1-2,5-8H2/t13-,14-/m0/s1. The lowest BCUT2D eigenvalue weighted by Gasteiger charge is -2.15. The van der Waals surface area contributed by atoms with Crippen molar-refractivity contribution in [2.45, 2.75) is 31.2 Å². The van der Waals surface area contributed by atoms with Crippen molar-refractivity contribution in [2.75, 3.05) is 19.7 Å². The average molecular weight is 320 g/mol. The van der Waals surface area contributed by atoms with Crippen molar-refractivity contribution in [2.24, 2.45) is 5.92 Å². The van der Waals surface area contributed by atoms with Gasteiger partial charge in [-0.05, 0) is 35.2 Å². The fourth-order valence-corrected chi connectivity index (χ4v) is 5.04. The second-order valence-corrected chi connectivity index (χ2v) is 7.95. The molecule has 3 nitrogen and oxygen atoms in total. The first kappa shape index (κ1) is 13.9. The van der Waals surface area contributed by atoms with Crippen LogP contribution in [0.3, 0.4) is 0 Å². The number of aromatic nitrogens is 1. The maximum atomic E-state index is 9.70. The second-order valence-electron chi connectivity index (χ2n) is 6.23. The monoisotopic (exact) mass is 320 g/mol. The molecule has 1 aliphatic carbocycles. The first-order valence-corrected chi connectivity index (χ1v) is 9.45. The number of aliphatic hydroxyl groups excluding tert-OH is 1. The molecule has 1 saturated carbocycles. The molecule has 0 aromatic carbocycles. The van der Waals surface area contributed by atoms with Crippen molar-refractivity contribution in [1.82, 2.24) is 9.88 Å². The van der Waals surface area contributed by atoms with Gasteiger partial charge in [0.1, 0.15) is 0 Å². The molecule has 0 radical (unpaired) electrons. The Morgan fingerprint density at radius 2 is 2.24 bits per heavy atom. The number of thiazole rings is 1. The third-order valence-corrected chi connectivity index (χ3v) is 6.26. The number of hydrogen-bond donors (Lipinski definition) is 1. The minimum atomic E-state index is 0.287. The molecule has 112 valence electrons. The van der Waals surface area contributed by atoms with E-state index in [2.05, 4.69) is 26.7 Å². The molecule has 2 aromatic rings. The summed E-state index contributed by atoms with van der Waals surface area (Å²) >= 11 is 3.55. The normalized spacial score (nSPS) is 26.5. The summed E-state index contributed by atoms with van der Waals surface area (Å²) in [6.07, 6.45) is 2.63. The largest absolute Gasteiger partial charge is 0.396 e. The predicted octanol–water partition coefficient (Wildman–Crippen LogP) is 3.29. The molecule has 0 bridgehead atoms. The van der Waals surface area contributed by atoms with E-state index in [1.807, 2.05) is 5.51 Å². The average Bonchev–Trinajstić information content (AvgIpc) is 2.96. The zero-order valence-corrected chi connectivity index (χ0v) is 13.6. The summed E-state index contributed by atoms with van der Waals surface area (Å²) in [5.74, 6) is 1.59. The number of rotatable bonds is 5. The summed E-state index contributed by atoms with van der Waals surface area (Å²) < 4.78 is 0. The summed E-state index contributed by atoms with van der Waals surface area (Å²) in [5.41, 5.74) is 4.74. The Bertz CT molecular complexity index is 591. The zero-order valence-electron chi connectivity index (χ0n) is 11.9. The van der Waals surface area contributed by atoms with E-state index in [0.29, 0.717) is 11.8 Å². The van der Waals surface area contributed by atoms with Crippen LogP contribution < -0.4 is 0 Å². The van der Waals surface area contributed by atoms with Crippen LogP contribution in [0.5, 0.6) is 0 Å². The van der Waals surface area contributed by atoms with Crippen LogP contribution in [-0.4, -0.2) is 34.7 Å². The fourth-order valence-electron chi connectivity index (χ4n) is 3.43.